The van der Waals surface area contributed by atoms with Crippen LogP contribution in [-0.2, 0) is 34.2 Å². The van der Waals surface area contributed by atoms with Crippen LogP contribution < -0.4 is 9.04 Å². The SMILES string of the molecule is Cc1nc(C)c(C2c3c(nc4n3CCCC4)CCN2C(=O)COc2ccc(N3CCCS3(=O)=O)nc2Cl)s1. The topological polar surface area (TPSA) is 111 Å². The third-order valence-electron chi connectivity index (χ3n) is 7.37. The molecule has 3 aromatic rings. The van der Waals surface area contributed by atoms with Crippen molar-refractivity contribution in [1.29, 1.82) is 0 Å². The smallest absolute Gasteiger partial charge is 0.261 e. The lowest BCUT2D eigenvalue weighted by atomic mass is 9.99. The number of ether oxygens (including phenoxy) is 1. The lowest BCUT2D eigenvalue weighted by Gasteiger charge is -2.36. The average Bonchev–Trinajstić information content (AvgIpc) is 3.55. The fourth-order valence-electron chi connectivity index (χ4n) is 5.67. The van der Waals surface area contributed by atoms with Gasteiger partial charge in [-0.25, -0.2) is 23.4 Å². The number of pyridine rings is 1. The van der Waals surface area contributed by atoms with Crippen molar-refractivity contribution >= 4 is 44.7 Å². The van der Waals surface area contributed by atoms with E-state index in [9.17, 15) is 13.2 Å². The summed E-state index contributed by atoms with van der Waals surface area (Å²) in [4.78, 5) is 30.4. The van der Waals surface area contributed by atoms with E-state index in [-0.39, 0.29) is 41.0 Å². The molecule has 3 aromatic heterocycles. The summed E-state index contributed by atoms with van der Waals surface area (Å²) in [6.45, 7) is 5.57. The summed E-state index contributed by atoms with van der Waals surface area (Å²) in [5.74, 6) is 1.53. The van der Waals surface area contributed by atoms with Gasteiger partial charge in [-0.1, -0.05) is 11.6 Å². The highest BCUT2D eigenvalue weighted by atomic mass is 35.5. The van der Waals surface area contributed by atoms with Crippen LogP contribution in [0.15, 0.2) is 12.1 Å². The van der Waals surface area contributed by atoms with E-state index in [0.717, 1.165) is 58.6 Å². The van der Waals surface area contributed by atoms with Crippen LogP contribution in [0.4, 0.5) is 5.82 Å². The molecular formula is C25H29ClN6O4S2. The molecule has 1 saturated heterocycles. The van der Waals surface area contributed by atoms with Crippen LogP contribution in [0.3, 0.4) is 0 Å². The zero-order chi connectivity index (χ0) is 26.6. The minimum atomic E-state index is -3.37. The van der Waals surface area contributed by atoms with Crippen LogP contribution in [0, 0.1) is 13.8 Å². The van der Waals surface area contributed by atoms with Gasteiger partial charge in [-0.15, -0.1) is 11.3 Å². The number of fused-ring (bicyclic) bond motifs is 3. The second kappa shape index (κ2) is 9.80. The van der Waals surface area contributed by atoms with Gasteiger partial charge in [-0.05, 0) is 45.2 Å². The zero-order valence-electron chi connectivity index (χ0n) is 21.3. The monoisotopic (exact) mass is 576 g/mol. The fourth-order valence-corrected chi connectivity index (χ4v) is 8.42. The van der Waals surface area contributed by atoms with Crippen molar-refractivity contribution in [2.24, 2.45) is 0 Å². The molecule has 13 heteroatoms. The van der Waals surface area contributed by atoms with Gasteiger partial charge in [0.25, 0.3) is 5.91 Å². The number of thiazole rings is 1. The van der Waals surface area contributed by atoms with E-state index >= 15 is 0 Å². The summed E-state index contributed by atoms with van der Waals surface area (Å²) in [5.41, 5.74) is 3.10. The fraction of sp³-hybridized carbons (Fsp3) is 0.520. The molecule has 0 bridgehead atoms. The van der Waals surface area contributed by atoms with Crippen molar-refractivity contribution in [2.45, 2.75) is 58.5 Å². The molecule has 1 fully saturated rings. The number of hydrogen-bond acceptors (Lipinski definition) is 8. The van der Waals surface area contributed by atoms with Gasteiger partial charge >= 0.3 is 0 Å². The molecule has 1 atom stereocenters. The summed E-state index contributed by atoms with van der Waals surface area (Å²) >= 11 is 7.97. The van der Waals surface area contributed by atoms with Crippen LogP contribution in [-0.4, -0.2) is 64.2 Å². The Labute approximate surface area is 230 Å². The highest BCUT2D eigenvalue weighted by Gasteiger charge is 2.39. The number of aromatic nitrogens is 4. The first-order valence-corrected chi connectivity index (χ1v) is 15.6. The summed E-state index contributed by atoms with van der Waals surface area (Å²) < 4.78 is 33.9. The molecule has 1 unspecified atom stereocenters. The van der Waals surface area contributed by atoms with E-state index < -0.39 is 10.0 Å². The number of anilines is 1. The van der Waals surface area contributed by atoms with Gasteiger partial charge in [0.1, 0.15) is 17.7 Å². The molecule has 6 rings (SSSR count). The number of carbonyl (C=O) groups is 1. The molecule has 3 aliphatic heterocycles. The zero-order valence-corrected chi connectivity index (χ0v) is 23.7. The van der Waals surface area contributed by atoms with E-state index in [1.807, 2.05) is 18.7 Å². The lowest BCUT2D eigenvalue weighted by Crippen LogP contribution is -2.43. The Morgan fingerprint density at radius 3 is 2.66 bits per heavy atom. The first-order chi connectivity index (χ1) is 18.2. The Balaban J connectivity index is 1.26. The van der Waals surface area contributed by atoms with Crippen LogP contribution in [0.25, 0.3) is 0 Å². The molecule has 0 aromatic carbocycles. The molecule has 0 aliphatic carbocycles. The third-order valence-corrected chi connectivity index (χ3v) is 10.6. The number of amides is 1. The molecule has 0 N–H and O–H groups in total. The molecule has 202 valence electrons. The van der Waals surface area contributed by atoms with Crippen molar-refractivity contribution in [3.8, 4) is 5.75 Å². The molecule has 3 aliphatic rings. The first-order valence-electron chi connectivity index (χ1n) is 12.8. The number of nitrogens with zero attached hydrogens (tertiary/aromatic N) is 6. The van der Waals surface area contributed by atoms with Gasteiger partial charge in [0.05, 0.1) is 32.7 Å². The van der Waals surface area contributed by atoms with Crippen molar-refractivity contribution in [3.05, 3.63) is 50.1 Å². The summed E-state index contributed by atoms with van der Waals surface area (Å²) in [6.07, 6.45) is 4.42. The van der Waals surface area contributed by atoms with Gasteiger partial charge in [0.15, 0.2) is 17.5 Å². The van der Waals surface area contributed by atoms with E-state index in [2.05, 4.69) is 14.5 Å². The van der Waals surface area contributed by atoms with Gasteiger partial charge in [-0.2, -0.15) is 0 Å². The van der Waals surface area contributed by atoms with Crippen molar-refractivity contribution in [2.75, 3.05) is 29.8 Å². The largest absolute Gasteiger partial charge is 0.481 e. The summed E-state index contributed by atoms with van der Waals surface area (Å²) in [7, 11) is -3.37. The van der Waals surface area contributed by atoms with Gasteiger partial charge < -0.3 is 14.2 Å². The van der Waals surface area contributed by atoms with Crippen LogP contribution in [0.1, 0.15) is 58.1 Å². The van der Waals surface area contributed by atoms with Crippen LogP contribution in [0.5, 0.6) is 5.75 Å². The highest BCUT2D eigenvalue weighted by Crippen LogP contribution is 2.41. The van der Waals surface area contributed by atoms with Crippen molar-refractivity contribution in [1.82, 2.24) is 24.4 Å². The second-order valence-corrected chi connectivity index (χ2v) is 13.5. The molecule has 6 heterocycles. The molecule has 1 amide bonds. The van der Waals surface area contributed by atoms with Crippen LogP contribution >= 0.6 is 22.9 Å². The predicted molar refractivity (Wildman–Crippen MR) is 145 cm³/mol. The second-order valence-electron chi connectivity index (χ2n) is 9.88. The quantitative estimate of drug-likeness (QED) is 0.428. The number of carbonyl (C=O) groups excluding carboxylic acids is 1. The Hall–Kier alpha value is -2.70. The summed E-state index contributed by atoms with van der Waals surface area (Å²) in [6, 6.07) is 2.87. The lowest BCUT2D eigenvalue weighted by molar-refractivity contribution is -0.135. The first kappa shape index (κ1) is 25.6. The van der Waals surface area contributed by atoms with E-state index in [1.165, 1.54) is 4.31 Å². The molecule has 0 spiro atoms. The summed E-state index contributed by atoms with van der Waals surface area (Å²) in [5, 5.41) is 0.985. The van der Waals surface area contributed by atoms with E-state index in [4.69, 9.17) is 21.3 Å². The molecule has 10 nitrogen and oxygen atoms in total. The molecule has 0 radical (unpaired) electrons. The van der Waals surface area contributed by atoms with Gasteiger partial charge in [0, 0.05) is 32.5 Å². The van der Waals surface area contributed by atoms with Crippen LogP contribution in [0.2, 0.25) is 5.15 Å². The van der Waals surface area contributed by atoms with Gasteiger partial charge in [-0.3, -0.25) is 9.10 Å². The van der Waals surface area contributed by atoms with Gasteiger partial charge in [0.2, 0.25) is 10.0 Å². The van der Waals surface area contributed by atoms with E-state index in [1.54, 1.807) is 23.5 Å². The minimum Gasteiger partial charge on any atom is -0.481 e. The molecule has 38 heavy (non-hydrogen) atoms. The number of hydrogen-bond donors (Lipinski definition) is 0. The number of aryl methyl sites for hydroxylation is 3. The predicted octanol–water partition coefficient (Wildman–Crippen LogP) is 3.43. The van der Waals surface area contributed by atoms with Crippen molar-refractivity contribution in [3.63, 3.8) is 0 Å². The number of halogens is 1. The minimum absolute atomic E-state index is 0.0219. The molecule has 0 saturated carbocycles. The Morgan fingerprint density at radius 2 is 1.95 bits per heavy atom. The number of rotatable bonds is 5. The van der Waals surface area contributed by atoms with Crippen molar-refractivity contribution < 1.29 is 17.9 Å². The highest BCUT2D eigenvalue weighted by molar-refractivity contribution is 7.93. The maximum Gasteiger partial charge on any atom is 0.261 e. The Kier molecular flexibility index (Phi) is 6.59. The number of sulfonamides is 1. The normalized spacial score (nSPS) is 20.3. The average molecular weight is 577 g/mol. The Bertz CT molecular complexity index is 1520. The third kappa shape index (κ3) is 4.46. The standard InChI is InChI=1S/C25H29ClN6O4S2/c1-15-24(37-16(2)27-15)23-22-17(28-19-6-3-4-10-30(19)22)9-12-31(23)21(33)14-36-18-7-8-20(29-25(18)26)32-11-5-13-38(32,34)35/h7-8,23H,3-6,9-14H2,1-2H3. The Morgan fingerprint density at radius 1 is 1.11 bits per heavy atom. The number of imidazole rings is 1. The molecular weight excluding hydrogens is 548 g/mol. The van der Waals surface area contributed by atoms with E-state index in [0.29, 0.717) is 25.9 Å². The maximum absolute atomic E-state index is 13.6. The maximum atomic E-state index is 13.6.